The number of fused-ring (bicyclic) bond motifs is 1. The second kappa shape index (κ2) is 6.68. The van der Waals surface area contributed by atoms with E-state index in [1.807, 2.05) is 31.3 Å². The largest absolute Gasteiger partial charge is 0.343 e. The van der Waals surface area contributed by atoms with Gasteiger partial charge in [0, 0.05) is 44.5 Å². The van der Waals surface area contributed by atoms with Crippen molar-refractivity contribution < 1.29 is 4.79 Å². The number of piperazine rings is 1. The zero-order valence-electron chi connectivity index (χ0n) is 14.8. The van der Waals surface area contributed by atoms with Gasteiger partial charge in [0.15, 0.2) is 0 Å². The highest BCUT2D eigenvalue weighted by Gasteiger charge is 2.32. The monoisotopic (exact) mass is 405 g/mol. The first kappa shape index (κ1) is 17.0. The Morgan fingerprint density at radius 3 is 2.68 bits per heavy atom. The summed E-state index contributed by atoms with van der Waals surface area (Å²) >= 11 is 3.60. The number of amides is 1. The summed E-state index contributed by atoms with van der Waals surface area (Å²) < 4.78 is 3.08. The molecular formula is C18H24BrN5O. The molecule has 2 aromatic rings. The first-order valence-corrected chi connectivity index (χ1v) is 9.81. The molecule has 0 aromatic carbocycles. The van der Waals surface area contributed by atoms with E-state index in [1.54, 1.807) is 0 Å². The summed E-state index contributed by atoms with van der Waals surface area (Å²) in [5.41, 5.74) is 2.07. The summed E-state index contributed by atoms with van der Waals surface area (Å²) in [4.78, 5) is 25.4. The van der Waals surface area contributed by atoms with Crippen molar-refractivity contribution in [2.45, 2.75) is 44.6 Å². The molecule has 0 atom stereocenters. The van der Waals surface area contributed by atoms with Crippen LogP contribution >= 0.6 is 15.9 Å². The van der Waals surface area contributed by atoms with Crippen molar-refractivity contribution in [1.82, 2.24) is 24.2 Å². The standard InChI is InChI=1S/C18H24BrN5O/c1-12-16-17(19)21-18(24(16)8-7-20-12)13-3-5-14(6-4-13)23-10-9-22(2)15(25)11-23/h7-8,13-14H,3-6,9-11H2,1-2H3/t13-,14-. The van der Waals surface area contributed by atoms with Crippen molar-refractivity contribution in [3.8, 4) is 0 Å². The summed E-state index contributed by atoms with van der Waals surface area (Å²) in [6.07, 6.45) is 8.38. The van der Waals surface area contributed by atoms with Crippen LogP contribution in [-0.4, -0.2) is 62.8 Å². The summed E-state index contributed by atoms with van der Waals surface area (Å²) in [5, 5.41) is 0. The maximum absolute atomic E-state index is 12.0. The molecule has 0 spiro atoms. The van der Waals surface area contributed by atoms with Gasteiger partial charge >= 0.3 is 0 Å². The van der Waals surface area contributed by atoms with Gasteiger partial charge in [-0.2, -0.15) is 0 Å². The van der Waals surface area contributed by atoms with Gasteiger partial charge in [0.05, 0.1) is 12.2 Å². The second-order valence-corrected chi connectivity index (χ2v) is 8.03. The molecule has 0 unspecified atom stereocenters. The number of hydrogen-bond donors (Lipinski definition) is 0. The quantitative estimate of drug-likeness (QED) is 0.770. The van der Waals surface area contributed by atoms with Crippen molar-refractivity contribution >= 4 is 27.4 Å². The fourth-order valence-electron chi connectivity index (χ4n) is 4.24. The van der Waals surface area contributed by atoms with Crippen LogP contribution in [0.15, 0.2) is 17.0 Å². The van der Waals surface area contributed by atoms with Crippen LogP contribution in [0.3, 0.4) is 0 Å². The summed E-state index contributed by atoms with van der Waals surface area (Å²) in [7, 11) is 1.90. The van der Waals surface area contributed by atoms with E-state index >= 15 is 0 Å². The van der Waals surface area contributed by atoms with Gasteiger partial charge in [-0.25, -0.2) is 4.98 Å². The fraction of sp³-hybridized carbons (Fsp3) is 0.611. The average molecular weight is 406 g/mol. The van der Waals surface area contributed by atoms with Crippen molar-refractivity contribution in [2.24, 2.45) is 0 Å². The third kappa shape index (κ3) is 3.08. The predicted molar refractivity (Wildman–Crippen MR) is 99.6 cm³/mol. The van der Waals surface area contributed by atoms with Crippen molar-refractivity contribution in [2.75, 3.05) is 26.7 Å². The lowest BCUT2D eigenvalue weighted by Crippen LogP contribution is -2.52. The molecule has 0 radical (unpaired) electrons. The number of halogens is 1. The normalized spacial score (nSPS) is 25.7. The lowest BCUT2D eigenvalue weighted by Gasteiger charge is -2.40. The molecule has 1 saturated carbocycles. The van der Waals surface area contributed by atoms with E-state index in [1.165, 1.54) is 0 Å². The maximum Gasteiger partial charge on any atom is 0.236 e. The molecule has 1 amide bonds. The summed E-state index contributed by atoms with van der Waals surface area (Å²) in [5.74, 6) is 1.86. The Hall–Kier alpha value is -1.47. The molecule has 4 rings (SSSR count). The molecule has 1 saturated heterocycles. The Labute approximate surface area is 156 Å². The smallest absolute Gasteiger partial charge is 0.236 e. The average Bonchev–Trinajstić information content (AvgIpc) is 2.96. The number of carbonyl (C=O) groups excluding carboxylic acids is 1. The lowest BCUT2D eigenvalue weighted by molar-refractivity contribution is -0.135. The van der Waals surface area contributed by atoms with Crippen molar-refractivity contribution in [3.05, 3.63) is 28.5 Å². The predicted octanol–water partition coefficient (Wildman–Crippen LogP) is 2.60. The van der Waals surface area contributed by atoms with E-state index in [0.717, 1.165) is 60.4 Å². The minimum Gasteiger partial charge on any atom is -0.343 e. The van der Waals surface area contributed by atoms with E-state index in [-0.39, 0.29) is 5.91 Å². The molecule has 2 aliphatic rings. The third-order valence-corrected chi connectivity index (χ3v) is 6.34. The minimum absolute atomic E-state index is 0.250. The van der Waals surface area contributed by atoms with Gasteiger partial charge in [-0.1, -0.05) is 0 Å². The number of imidazole rings is 1. The first-order valence-electron chi connectivity index (χ1n) is 9.01. The molecule has 25 heavy (non-hydrogen) atoms. The molecule has 3 heterocycles. The molecular weight excluding hydrogens is 382 g/mol. The van der Waals surface area contributed by atoms with Gasteiger partial charge in [0.1, 0.15) is 15.9 Å². The van der Waals surface area contributed by atoms with Crippen LogP contribution in [0.5, 0.6) is 0 Å². The Balaban J connectivity index is 1.48. The SMILES string of the molecule is Cc1nccn2c1c(Br)nc2[C@H]1CC[C@H](N2CCN(C)C(=O)C2)CC1. The van der Waals surface area contributed by atoms with Gasteiger partial charge in [0.25, 0.3) is 0 Å². The molecule has 2 fully saturated rings. The summed E-state index contributed by atoms with van der Waals surface area (Å²) in [6.45, 7) is 4.45. The van der Waals surface area contributed by atoms with E-state index < -0.39 is 0 Å². The second-order valence-electron chi connectivity index (χ2n) is 7.28. The molecule has 1 aliphatic carbocycles. The number of hydrogen-bond acceptors (Lipinski definition) is 4. The Kier molecular flexibility index (Phi) is 4.54. The number of nitrogens with zero attached hydrogens (tertiary/aromatic N) is 5. The van der Waals surface area contributed by atoms with Crippen LogP contribution in [-0.2, 0) is 4.79 Å². The molecule has 7 heteroatoms. The van der Waals surface area contributed by atoms with Crippen LogP contribution < -0.4 is 0 Å². The Morgan fingerprint density at radius 1 is 1.20 bits per heavy atom. The number of aryl methyl sites for hydroxylation is 1. The molecule has 2 aromatic heterocycles. The van der Waals surface area contributed by atoms with Gasteiger partial charge < -0.3 is 4.90 Å². The lowest BCUT2D eigenvalue weighted by atomic mass is 9.84. The summed E-state index contributed by atoms with van der Waals surface area (Å²) in [6, 6.07) is 0.534. The first-order chi connectivity index (χ1) is 12.0. The Morgan fingerprint density at radius 2 is 1.96 bits per heavy atom. The Bertz CT molecular complexity index is 796. The van der Waals surface area contributed by atoms with E-state index in [9.17, 15) is 4.79 Å². The van der Waals surface area contributed by atoms with Gasteiger partial charge in [0.2, 0.25) is 5.91 Å². The van der Waals surface area contributed by atoms with Crippen LogP contribution in [0.2, 0.25) is 0 Å². The third-order valence-electron chi connectivity index (χ3n) is 5.79. The zero-order valence-corrected chi connectivity index (χ0v) is 16.4. The zero-order chi connectivity index (χ0) is 17.6. The van der Waals surface area contributed by atoms with Crippen LogP contribution in [0.25, 0.3) is 5.52 Å². The maximum atomic E-state index is 12.0. The number of rotatable bonds is 2. The topological polar surface area (TPSA) is 53.7 Å². The molecule has 0 bridgehead atoms. The highest BCUT2D eigenvalue weighted by molar-refractivity contribution is 9.10. The number of aromatic nitrogens is 3. The van der Waals surface area contributed by atoms with Crippen LogP contribution in [0.1, 0.15) is 43.1 Å². The van der Waals surface area contributed by atoms with E-state index in [4.69, 9.17) is 4.98 Å². The van der Waals surface area contributed by atoms with Crippen molar-refractivity contribution in [3.63, 3.8) is 0 Å². The molecule has 0 N–H and O–H groups in total. The van der Waals surface area contributed by atoms with E-state index in [2.05, 4.69) is 30.2 Å². The van der Waals surface area contributed by atoms with Crippen LogP contribution in [0, 0.1) is 6.92 Å². The number of carbonyl (C=O) groups is 1. The molecule has 134 valence electrons. The van der Waals surface area contributed by atoms with Gasteiger partial charge in [-0.3, -0.25) is 19.1 Å². The van der Waals surface area contributed by atoms with Crippen molar-refractivity contribution in [1.29, 1.82) is 0 Å². The van der Waals surface area contributed by atoms with Gasteiger partial charge in [-0.15, -0.1) is 0 Å². The highest BCUT2D eigenvalue weighted by atomic mass is 79.9. The van der Waals surface area contributed by atoms with Gasteiger partial charge in [-0.05, 0) is 48.5 Å². The van der Waals surface area contributed by atoms with Crippen LogP contribution in [0.4, 0.5) is 0 Å². The number of likely N-dealkylation sites (N-methyl/N-ethyl adjacent to an activating group) is 1. The molecule has 1 aliphatic heterocycles. The molecule has 6 nitrogen and oxygen atoms in total. The fourth-order valence-corrected chi connectivity index (χ4v) is 4.90. The minimum atomic E-state index is 0.250. The highest BCUT2D eigenvalue weighted by Crippen LogP contribution is 2.36. The van der Waals surface area contributed by atoms with E-state index in [0.29, 0.717) is 18.5 Å².